The van der Waals surface area contributed by atoms with Crippen LogP contribution in [0.2, 0.25) is 0 Å². The molecule has 31 heavy (non-hydrogen) atoms. The number of carbonyl (C=O) groups is 2. The van der Waals surface area contributed by atoms with Gasteiger partial charge in [0.05, 0.1) is 11.7 Å². The zero-order valence-electron chi connectivity index (χ0n) is 19.1. The number of methoxy groups -OCH3 is 1. The van der Waals surface area contributed by atoms with Gasteiger partial charge in [-0.3, -0.25) is 4.79 Å². The number of ether oxygens (including phenoxy) is 2. The van der Waals surface area contributed by atoms with Crippen LogP contribution in [0.1, 0.15) is 49.9 Å². The lowest BCUT2D eigenvalue weighted by Crippen LogP contribution is -2.44. The molecule has 8 nitrogen and oxygen atoms in total. The summed E-state index contributed by atoms with van der Waals surface area (Å²) in [5, 5.41) is 9.36. The van der Waals surface area contributed by atoms with E-state index in [-0.39, 0.29) is 36.0 Å². The molecule has 172 valence electrons. The van der Waals surface area contributed by atoms with Gasteiger partial charge in [0.1, 0.15) is 12.4 Å². The van der Waals surface area contributed by atoms with Crippen LogP contribution in [0, 0.1) is 5.92 Å². The number of nitrogens with zero attached hydrogens (tertiary/aromatic N) is 1. The highest BCUT2D eigenvalue weighted by atomic mass is 16.5. The maximum absolute atomic E-state index is 13.1. The Hall–Kier alpha value is -2.32. The minimum Gasteiger partial charge on any atom is -0.491 e. The summed E-state index contributed by atoms with van der Waals surface area (Å²) in [5.74, 6) is 0.575. The minimum absolute atomic E-state index is 0.0716. The molecular weight excluding hydrogens is 396 g/mol. The molecule has 3 rings (SSSR count). The molecule has 1 aliphatic carbocycles. The first-order valence-electron chi connectivity index (χ1n) is 11.2. The predicted octanol–water partition coefficient (Wildman–Crippen LogP) is 2.84. The van der Waals surface area contributed by atoms with Crippen molar-refractivity contribution in [3.05, 3.63) is 23.8 Å². The van der Waals surface area contributed by atoms with E-state index >= 15 is 0 Å². The zero-order chi connectivity index (χ0) is 22.4. The summed E-state index contributed by atoms with van der Waals surface area (Å²) in [6, 6.07) is 5.29. The molecule has 1 heterocycles. The lowest BCUT2D eigenvalue weighted by molar-refractivity contribution is 0.0281. The van der Waals surface area contributed by atoms with Crippen molar-refractivity contribution in [1.29, 1.82) is 0 Å². The Morgan fingerprint density at radius 1 is 1.26 bits per heavy atom. The fraction of sp³-hybridized carbons (Fsp3) is 0.652. The number of likely N-dealkylation sites (N-methyl/N-ethyl adjacent to an activating group) is 1. The average Bonchev–Trinajstić information content (AvgIpc) is 3.25. The predicted molar refractivity (Wildman–Crippen MR) is 121 cm³/mol. The summed E-state index contributed by atoms with van der Waals surface area (Å²) >= 11 is 0. The van der Waals surface area contributed by atoms with E-state index in [0.29, 0.717) is 30.2 Å². The van der Waals surface area contributed by atoms with Gasteiger partial charge in [-0.25, -0.2) is 4.79 Å². The van der Waals surface area contributed by atoms with E-state index in [2.05, 4.69) is 22.9 Å². The second-order valence-corrected chi connectivity index (χ2v) is 8.85. The molecule has 0 radical (unpaired) electrons. The molecule has 8 heteroatoms. The first-order chi connectivity index (χ1) is 14.9. The van der Waals surface area contributed by atoms with Crippen molar-refractivity contribution in [3.8, 4) is 5.75 Å². The van der Waals surface area contributed by atoms with Crippen molar-refractivity contribution >= 4 is 17.6 Å². The summed E-state index contributed by atoms with van der Waals surface area (Å²) in [4.78, 5) is 27.2. The molecule has 1 aromatic rings. The van der Waals surface area contributed by atoms with E-state index in [9.17, 15) is 9.59 Å². The third kappa shape index (κ3) is 6.33. The first kappa shape index (κ1) is 23.3. The summed E-state index contributed by atoms with van der Waals surface area (Å²) in [7, 11) is 3.45. The van der Waals surface area contributed by atoms with Gasteiger partial charge in [0.15, 0.2) is 0 Å². The Labute approximate surface area is 185 Å². The Balaban J connectivity index is 1.78. The van der Waals surface area contributed by atoms with Crippen molar-refractivity contribution in [2.45, 2.75) is 57.7 Å². The molecule has 1 saturated carbocycles. The van der Waals surface area contributed by atoms with Crippen molar-refractivity contribution in [2.75, 3.05) is 39.2 Å². The van der Waals surface area contributed by atoms with Gasteiger partial charge in [-0.1, -0.05) is 19.8 Å². The van der Waals surface area contributed by atoms with Crippen LogP contribution in [-0.4, -0.2) is 68.9 Å². The van der Waals surface area contributed by atoms with Crippen LogP contribution < -0.4 is 20.7 Å². The van der Waals surface area contributed by atoms with E-state index in [1.807, 2.05) is 6.92 Å². The number of benzene rings is 1. The lowest BCUT2D eigenvalue weighted by atomic mass is 10.0. The van der Waals surface area contributed by atoms with Gasteiger partial charge < -0.3 is 30.3 Å². The van der Waals surface area contributed by atoms with Gasteiger partial charge in [-0.15, -0.1) is 0 Å². The van der Waals surface area contributed by atoms with Crippen molar-refractivity contribution in [2.24, 2.45) is 5.92 Å². The molecule has 3 N–H and O–H groups in total. The molecule has 0 spiro atoms. The fourth-order valence-corrected chi connectivity index (χ4v) is 4.16. The number of amides is 3. The van der Waals surface area contributed by atoms with Gasteiger partial charge >= 0.3 is 6.03 Å². The largest absolute Gasteiger partial charge is 0.491 e. The summed E-state index contributed by atoms with van der Waals surface area (Å²) in [5.41, 5.74) is 1.07. The number of rotatable bonds is 3. The summed E-state index contributed by atoms with van der Waals surface area (Å²) in [6.45, 7) is 5.81. The van der Waals surface area contributed by atoms with Crippen LogP contribution in [0.15, 0.2) is 18.2 Å². The molecule has 2 aliphatic rings. The smallest absolute Gasteiger partial charge is 0.319 e. The Morgan fingerprint density at radius 3 is 2.71 bits per heavy atom. The van der Waals surface area contributed by atoms with Crippen LogP contribution >= 0.6 is 0 Å². The third-order valence-electron chi connectivity index (χ3n) is 6.18. The van der Waals surface area contributed by atoms with Crippen LogP contribution in [0.4, 0.5) is 10.5 Å². The number of anilines is 1. The Bertz CT molecular complexity index is 766. The first-order valence-corrected chi connectivity index (χ1v) is 11.2. The molecule has 0 bridgehead atoms. The summed E-state index contributed by atoms with van der Waals surface area (Å²) < 4.78 is 11.7. The molecular formula is C23H36N4O4. The number of hydrogen-bond donors (Lipinski definition) is 3. The highest BCUT2D eigenvalue weighted by Gasteiger charge is 2.25. The van der Waals surface area contributed by atoms with Crippen LogP contribution in [0.25, 0.3) is 0 Å². The standard InChI is InChI=1S/C23H36N4O4/c1-15-12-24-16(2)14-31-20-11-18(26-23(29)25-17-7-5-6-8-17)9-10-19(20)22(28)27(3)13-21(15)30-4/h9-11,15-17,21,24H,5-8,12-14H2,1-4H3,(H2,25,26,29)/t15-,16-,21-/m1/s1. The van der Waals surface area contributed by atoms with Gasteiger partial charge in [-0.05, 0) is 37.8 Å². The maximum atomic E-state index is 13.1. The lowest BCUT2D eigenvalue weighted by Gasteiger charge is -2.30. The second kappa shape index (κ2) is 10.8. The molecule has 0 unspecified atom stereocenters. The molecule has 0 aromatic heterocycles. The zero-order valence-corrected chi connectivity index (χ0v) is 19.1. The summed E-state index contributed by atoms with van der Waals surface area (Å²) in [6.07, 6.45) is 4.28. The number of fused-ring (bicyclic) bond motifs is 1. The monoisotopic (exact) mass is 432 g/mol. The highest BCUT2D eigenvalue weighted by molar-refractivity contribution is 5.98. The van der Waals surface area contributed by atoms with E-state index < -0.39 is 0 Å². The van der Waals surface area contributed by atoms with E-state index in [0.717, 1.165) is 32.2 Å². The Morgan fingerprint density at radius 2 is 2.00 bits per heavy atom. The number of carbonyl (C=O) groups excluding carboxylic acids is 2. The van der Waals surface area contributed by atoms with Crippen molar-refractivity contribution < 1.29 is 19.1 Å². The number of nitrogens with one attached hydrogen (secondary N) is 3. The quantitative estimate of drug-likeness (QED) is 0.683. The topological polar surface area (TPSA) is 91.9 Å². The number of urea groups is 1. The van der Waals surface area contributed by atoms with E-state index in [4.69, 9.17) is 9.47 Å². The Kier molecular flexibility index (Phi) is 8.15. The maximum Gasteiger partial charge on any atom is 0.319 e. The molecule has 0 saturated heterocycles. The van der Waals surface area contributed by atoms with Crippen LogP contribution in [-0.2, 0) is 4.74 Å². The third-order valence-corrected chi connectivity index (χ3v) is 6.18. The molecule has 1 aliphatic heterocycles. The SMILES string of the molecule is CO[C@@H]1CN(C)C(=O)c2ccc(NC(=O)NC3CCCC3)cc2OC[C@@H](C)NC[C@H]1C. The second-order valence-electron chi connectivity index (χ2n) is 8.85. The minimum atomic E-state index is -0.226. The molecule has 1 aromatic carbocycles. The van der Waals surface area contributed by atoms with Crippen molar-refractivity contribution in [1.82, 2.24) is 15.5 Å². The van der Waals surface area contributed by atoms with Gasteiger partial charge in [0.2, 0.25) is 0 Å². The molecule has 3 atom stereocenters. The van der Waals surface area contributed by atoms with Gasteiger partial charge in [0.25, 0.3) is 5.91 Å². The van der Waals surface area contributed by atoms with Gasteiger partial charge in [-0.2, -0.15) is 0 Å². The molecule has 3 amide bonds. The van der Waals surface area contributed by atoms with Crippen molar-refractivity contribution in [3.63, 3.8) is 0 Å². The number of hydrogen-bond acceptors (Lipinski definition) is 5. The van der Waals surface area contributed by atoms with E-state index in [1.54, 1.807) is 37.3 Å². The van der Waals surface area contributed by atoms with Crippen LogP contribution in [0.3, 0.4) is 0 Å². The fourth-order valence-electron chi connectivity index (χ4n) is 4.16. The van der Waals surface area contributed by atoms with Crippen LogP contribution in [0.5, 0.6) is 5.75 Å². The average molecular weight is 433 g/mol. The molecule has 1 fully saturated rings. The van der Waals surface area contributed by atoms with E-state index in [1.165, 1.54) is 0 Å². The highest BCUT2D eigenvalue weighted by Crippen LogP contribution is 2.26. The van der Waals surface area contributed by atoms with Gasteiger partial charge in [0, 0.05) is 51.1 Å². The normalized spacial score (nSPS) is 25.7.